The second-order valence-electron chi connectivity index (χ2n) is 5.77. The third-order valence-electron chi connectivity index (χ3n) is 3.66. The Morgan fingerprint density at radius 3 is 3.00 bits per heavy atom. The monoisotopic (exact) mass is 413 g/mol. The average Bonchev–Trinajstić information content (AvgIpc) is 3.46. The van der Waals surface area contributed by atoms with Gasteiger partial charge in [0.1, 0.15) is 17.4 Å². The number of thioether (sulfide) groups is 1. The number of aryl methyl sites for hydroxylation is 1. The van der Waals surface area contributed by atoms with Crippen molar-refractivity contribution in [1.82, 2.24) is 15.1 Å². The van der Waals surface area contributed by atoms with Crippen molar-refractivity contribution in [2.75, 3.05) is 0 Å². The van der Waals surface area contributed by atoms with Crippen LogP contribution in [0.3, 0.4) is 0 Å². The number of nitrogens with zero attached hydrogens (tertiary/aromatic N) is 3. The molecule has 0 aliphatic heterocycles. The highest BCUT2D eigenvalue weighted by Crippen LogP contribution is 2.26. The topological polar surface area (TPSA) is 91.2 Å². The number of hydrogen-bond donors (Lipinski definition) is 0. The van der Waals surface area contributed by atoms with Gasteiger partial charge in [-0.3, -0.25) is 0 Å². The molecule has 0 saturated heterocycles. The van der Waals surface area contributed by atoms with E-state index in [4.69, 9.17) is 13.7 Å². The summed E-state index contributed by atoms with van der Waals surface area (Å²) < 4.78 is 15.8. The lowest BCUT2D eigenvalue weighted by atomic mass is 10.3. The van der Waals surface area contributed by atoms with Crippen LogP contribution in [0.5, 0.6) is 0 Å². The fourth-order valence-electron chi connectivity index (χ4n) is 2.39. The third kappa shape index (κ3) is 4.32. The number of carbonyl (C=O) groups excluding carboxylic acids is 1. The first-order chi connectivity index (χ1) is 13.7. The minimum absolute atomic E-state index is 0.0809. The van der Waals surface area contributed by atoms with Crippen molar-refractivity contribution >= 4 is 29.1 Å². The second kappa shape index (κ2) is 8.41. The summed E-state index contributed by atoms with van der Waals surface area (Å²) in [6.45, 7) is 1.91. The number of rotatable bonds is 7. The van der Waals surface area contributed by atoms with E-state index in [1.807, 2.05) is 24.4 Å². The summed E-state index contributed by atoms with van der Waals surface area (Å²) in [6.07, 6.45) is 3.24. The number of aromatic nitrogens is 3. The molecule has 0 spiro atoms. The van der Waals surface area contributed by atoms with Crippen LogP contribution in [0.25, 0.3) is 10.8 Å². The van der Waals surface area contributed by atoms with E-state index >= 15 is 0 Å². The lowest BCUT2D eigenvalue weighted by Gasteiger charge is -2.07. The standard InChI is InChI=1S/C19H15N3O4S2/c1-12-8-13(22-26-12)10-27-17-15(4-2-6-20-17)19(23)25-9-14-11-28-18(21-14)16-5-3-7-24-16/h2-8,11H,9-10H2,1H3. The number of hydrogen-bond acceptors (Lipinski definition) is 9. The molecule has 4 rings (SSSR count). The zero-order chi connectivity index (χ0) is 19.3. The third-order valence-corrected chi connectivity index (χ3v) is 5.60. The molecule has 0 radical (unpaired) electrons. The Balaban J connectivity index is 1.39. The molecule has 7 nitrogen and oxygen atoms in total. The summed E-state index contributed by atoms with van der Waals surface area (Å²) in [5, 5.41) is 7.13. The lowest BCUT2D eigenvalue weighted by molar-refractivity contribution is 0.0463. The Morgan fingerprint density at radius 1 is 1.29 bits per heavy atom. The highest BCUT2D eigenvalue weighted by molar-refractivity contribution is 7.98. The maximum Gasteiger partial charge on any atom is 0.341 e. The van der Waals surface area contributed by atoms with Crippen LogP contribution in [0.4, 0.5) is 0 Å². The quantitative estimate of drug-likeness (QED) is 0.317. The molecule has 0 aromatic carbocycles. The van der Waals surface area contributed by atoms with E-state index < -0.39 is 5.97 Å². The van der Waals surface area contributed by atoms with Crippen molar-refractivity contribution in [1.29, 1.82) is 0 Å². The Bertz CT molecular complexity index is 1070. The minimum atomic E-state index is -0.445. The van der Waals surface area contributed by atoms with Crippen LogP contribution in [0, 0.1) is 6.92 Å². The van der Waals surface area contributed by atoms with Gasteiger partial charge in [0, 0.05) is 23.4 Å². The van der Waals surface area contributed by atoms with E-state index in [-0.39, 0.29) is 6.61 Å². The molecule has 28 heavy (non-hydrogen) atoms. The molecular formula is C19H15N3O4S2. The van der Waals surface area contributed by atoms with Crippen LogP contribution in [0.2, 0.25) is 0 Å². The van der Waals surface area contributed by atoms with Crippen molar-refractivity contribution in [2.24, 2.45) is 0 Å². The number of esters is 1. The van der Waals surface area contributed by atoms with Crippen molar-refractivity contribution in [3.05, 3.63) is 70.9 Å². The summed E-state index contributed by atoms with van der Waals surface area (Å²) in [7, 11) is 0. The van der Waals surface area contributed by atoms with E-state index in [0.29, 0.717) is 27.8 Å². The van der Waals surface area contributed by atoms with Gasteiger partial charge in [-0.2, -0.15) is 0 Å². The van der Waals surface area contributed by atoms with Crippen LogP contribution in [-0.4, -0.2) is 21.1 Å². The Hall–Kier alpha value is -2.91. The Kier molecular flexibility index (Phi) is 5.54. The molecule has 0 saturated carbocycles. The first-order valence-corrected chi connectivity index (χ1v) is 10.2. The van der Waals surface area contributed by atoms with Gasteiger partial charge in [-0.25, -0.2) is 14.8 Å². The molecule has 0 atom stereocenters. The number of thiazole rings is 1. The molecule has 0 unspecified atom stereocenters. The maximum atomic E-state index is 12.5. The summed E-state index contributed by atoms with van der Waals surface area (Å²) in [5.41, 5.74) is 1.87. The summed E-state index contributed by atoms with van der Waals surface area (Å²) in [4.78, 5) is 21.3. The molecule has 4 aromatic heterocycles. The molecule has 0 aliphatic carbocycles. The highest BCUT2D eigenvalue weighted by Gasteiger charge is 2.16. The van der Waals surface area contributed by atoms with Gasteiger partial charge in [0.15, 0.2) is 10.8 Å². The zero-order valence-corrected chi connectivity index (χ0v) is 16.5. The van der Waals surface area contributed by atoms with Gasteiger partial charge < -0.3 is 13.7 Å². The molecular weight excluding hydrogens is 398 g/mol. The SMILES string of the molecule is Cc1cc(CSc2ncccc2C(=O)OCc2csc(-c3ccco3)n2)no1. The average molecular weight is 413 g/mol. The second-order valence-corrected chi connectivity index (χ2v) is 7.59. The van der Waals surface area contributed by atoms with E-state index in [9.17, 15) is 4.79 Å². The summed E-state index contributed by atoms with van der Waals surface area (Å²) in [6, 6.07) is 8.90. The smallest absolute Gasteiger partial charge is 0.341 e. The molecule has 0 fully saturated rings. The maximum absolute atomic E-state index is 12.5. The van der Waals surface area contributed by atoms with Crippen LogP contribution in [0.1, 0.15) is 27.5 Å². The highest BCUT2D eigenvalue weighted by atomic mass is 32.2. The Morgan fingerprint density at radius 2 is 2.21 bits per heavy atom. The van der Waals surface area contributed by atoms with Crippen LogP contribution >= 0.6 is 23.1 Å². The molecule has 0 bridgehead atoms. The molecule has 0 N–H and O–H groups in total. The van der Waals surface area contributed by atoms with Crippen molar-refractivity contribution < 1.29 is 18.5 Å². The molecule has 4 aromatic rings. The normalized spacial score (nSPS) is 10.9. The molecule has 0 aliphatic rings. The summed E-state index contributed by atoms with van der Waals surface area (Å²) in [5.74, 6) is 1.54. The van der Waals surface area contributed by atoms with Crippen LogP contribution in [0.15, 0.2) is 62.1 Å². The molecule has 0 amide bonds. The first-order valence-electron chi connectivity index (χ1n) is 8.34. The van der Waals surface area contributed by atoms with Gasteiger partial charge in [0.05, 0.1) is 23.2 Å². The van der Waals surface area contributed by atoms with E-state index in [1.165, 1.54) is 23.1 Å². The van der Waals surface area contributed by atoms with Gasteiger partial charge in [-0.15, -0.1) is 11.3 Å². The first kappa shape index (κ1) is 18.5. The van der Waals surface area contributed by atoms with Crippen molar-refractivity contribution in [3.8, 4) is 10.8 Å². The van der Waals surface area contributed by atoms with Gasteiger partial charge in [-0.1, -0.05) is 16.9 Å². The number of ether oxygens (including phenoxy) is 1. The van der Waals surface area contributed by atoms with Gasteiger partial charge >= 0.3 is 5.97 Å². The fourth-order valence-corrected chi connectivity index (χ4v) is 4.03. The molecule has 142 valence electrons. The predicted octanol–water partition coefficient (Wildman–Crippen LogP) is 4.74. The van der Waals surface area contributed by atoms with E-state index in [1.54, 1.807) is 30.7 Å². The minimum Gasteiger partial charge on any atom is -0.462 e. The number of carbonyl (C=O) groups is 1. The van der Waals surface area contributed by atoms with Crippen molar-refractivity contribution in [3.63, 3.8) is 0 Å². The van der Waals surface area contributed by atoms with E-state index in [0.717, 1.165) is 16.5 Å². The Labute approximate surface area is 168 Å². The van der Waals surface area contributed by atoms with Crippen molar-refractivity contribution in [2.45, 2.75) is 24.3 Å². The van der Waals surface area contributed by atoms with Crippen LogP contribution < -0.4 is 0 Å². The largest absolute Gasteiger partial charge is 0.462 e. The van der Waals surface area contributed by atoms with E-state index in [2.05, 4.69) is 15.1 Å². The molecule has 4 heterocycles. The number of pyridine rings is 1. The van der Waals surface area contributed by atoms with Gasteiger partial charge in [0.2, 0.25) is 0 Å². The molecule has 9 heteroatoms. The predicted molar refractivity (Wildman–Crippen MR) is 104 cm³/mol. The number of furan rings is 1. The van der Waals surface area contributed by atoms with Gasteiger partial charge in [0.25, 0.3) is 0 Å². The lowest BCUT2D eigenvalue weighted by Crippen LogP contribution is -2.08. The zero-order valence-electron chi connectivity index (χ0n) is 14.8. The fraction of sp³-hybridized carbons (Fsp3) is 0.158. The van der Waals surface area contributed by atoms with Crippen LogP contribution in [-0.2, 0) is 17.1 Å². The summed E-state index contributed by atoms with van der Waals surface area (Å²) >= 11 is 2.84. The van der Waals surface area contributed by atoms with Gasteiger partial charge in [-0.05, 0) is 31.2 Å².